The van der Waals surface area contributed by atoms with Gasteiger partial charge in [0.1, 0.15) is 5.75 Å². The second-order valence-corrected chi connectivity index (χ2v) is 5.97. The lowest BCUT2D eigenvalue weighted by molar-refractivity contribution is -0.385. The molecule has 0 N–H and O–H groups in total. The highest BCUT2D eigenvalue weighted by Gasteiger charge is 2.16. The van der Waals surface area contributed by atoms with Crippen LogP contribution in [0.25, 0.3) is 0 Å². The van der Waals surface area contributed by atoms with Crippen LogP contribution < -0.4 is 4.74 Å². The van der Waals surface area contributed by atoms with Gasteiger partial charge < -0.3 is 4.74 Å². The number of nitrogens with zero attached hydrogens (tertiary/aromatic N) is 1. The van der Waals surface area contributed by atoms with Crippen LogP contribution in [0.3, 0.4) is 0 Å². The first-order chi connectivity index (χ1) is 9.92. The number of hydrogen-bond donors (Lipinski definition) is 0. The summed E-state index contributed by atoms with van der Waals surface area (Å²) in [5, 5.41) is 10.8. The summed E-state index contributed by atoms with van der Waals surface area (Å²) in [5.41, 5.74) is 1.28. The summed E-state index contributed by atoms with van der Waals surface area (Å²) in [6.07, 6.45) is 0.704. The van der Waals surface area contributed by atoms with Crippen molar-refractivity contribution in [1.82, 2.24) is 0 Å². The molecule has 0 spiro atoms. The summed E-state index contributed by atoms with van der Waals surface area (Å²) in [6.45, 7) is 1.87. The van der Waals surface area contributed by atoms with E-state index in [1.165, 1.54) is 12.1 Å². The van der Waals surface area contributed by atoms with Gasteiger partial charge in [0.05, 0.1) is 19.4 Å². The zero-order valence-corrected chi connectivity index (χ0v) is 14.0. The van der Waals surface area contributed by atoms with E-state index in [4.69, 9.17) is 4.74 Å². The van der Waals surface area contributed by atoms with Crippen molar-refractivity contribution < 1.29 is 14.5 Å². The second kappa shape index (κ2) is 6.36. The summed E-state index contributed by atoms with van der Waals surface area (Å²) < 4.78 is 6.54. The molecule has 0 bridgehead atoms. The van der Waals surface area contributed by atoms with Gasteiger partial charge in [-0.05, 0) is 50.9 Å². The Hall–Kier alpha value is -1.73. The summed E-state index contributed by atoms with van der Waals surface area (Å²) in [4.78, 5) is 21.4. The number of nitro groups is 1. The standard InChI is InChI=1S/C14H9Br2NO4/c1-8-2-3-13(9(4-8)7-18)21-14-11(15)5-10(17(19)20)6-12(14)16/h2-7H,1H3. The van der Waals surface area contributed by atoms with Gasteiger partial charge in [-0.1, -0.05) is 11.6 Å². The maximum atomic E-state index is 11.1. The highest BCUT2D eigenvalue weighted by Crippen LogP contribution is 2.40. The fourth-order valence-corrected chi connectivity index (χ4v) is 3.04. The Labute approximate surface area is 137 Å². The predicted molar refractivity (Wildman–Crippen MR) is 85.1 cm³/mol. The van der Waals surface area contributed by atoms with E-state index < -0.39 is 4.92 Å². The van der Waals surface area contributed by atoms with Crippen molar-refractivity contribution in [1.29, 1.82) is 0 Å². The Morgan fingerprint density at radius 1 is 1.19 bits per heavy atom. The molecule has 0 aliphatic heterocycles. The third-order valence-electron chi connectivity index (χ3n) is 2.70. The smallest absolute Gasteiger partial charge is 0.271 e. The van der Waals surface area contributed by atoms with Crippen LogP contribution in [0.2, 0.25) is 0 Å². The number of benzene rings is 2. The van der Waals surface area contributed by atoms with Gasteiger partial charge in [-0.3, -0.25) is 14.9 Å². The fourth-order valence-electron chi connectivity index (χ4n) is 1.71. The lowest BCUT2D eigenvalue weighted by atomic mass is 10.1. The van der Waals surface area contributed by atoms with Crippen molar-refractivity contribution >= 4 is 43.8 Å². The first-order valence-electron chi connectivity index (χ1n) is 5.79. The molecule has 2 aromatic rings. The zero-order valence-electron chi connectivity index (χ0n) is 10.8. The van der Waals surface area contributed by atoms with Crippen LogP contribution in [-0.2, 0) is 0 Å². The van der Waals surface area contributed by atoms with E-state index in [9.17, 15) is 14.9 Å². The van der Waals surface area contributed by atoms with Crippen molar-refractivity contribution in [3.8, 4) is 11.5 Å². The number of carbonyl (C=O) groups is 1. The van der Waals surface area contributed by atoms with Gasteiger partial charge in [-0.2, -0.15) is 0 Å². The van der Waals surface area contributed by atoms with Crippen molar-refractivity contribution in [3.05, 3.63) is 60.5 Å². The first kappa shape index (κ1) is 15.7. The number of non-ortho nitro benzene ring substituents is 1. The molecule has 0 unspecified atom stereocenters. The van der Waals surface area contributed by atoms with Crippen molar-refractivity contribution in [2.75, 3.05) is 0 Å². The van der Waals surface area contributed by atoms with Crippen LogP contribution in [0, 0.1) is 17.0 Å². The minimum absolute atomic E-state index is 0.0689. The molecule has 2 aromatic carbocycles. The molecule has 21 heavy (non-hydrogen) atoms. The van der Waals surface area contributed by atoms with Gasteiger partial charge in [0.15, 0.2) is 12.0 Å². The molecule has 7 heteroatoms. The quantitative estimate of drug-likeness (QED) is 0.399. The van der Waals surface area contributed by atoms with Gasteiger partial charge in [-0.15, -0.1) is 0 Å². The molecule has 0 aliphatic rings. The van der Waals surface area contributed by atoms with Gasteiger partial charge >= 0.3 is 0 Å². The number of aryl methyl sites for hydroxylation is 1. The monoisotopic (exact) mass is 413 g/mol. The molecular weight excluding hydrogens is 406 g/mol. The lowest BCUT2D eigenvalue weighted by Crippen LogP contribution is -1.95. The van der Waals surface area contributed by atoms with E-state index in [0.717, 1.165) is 5.56 Å². The Bertz CT molecular complexity index is 708. The molecule has 0 aliphatic carbocycles. The van der Waals surface area contributed by atoms with Gasteiger partial charge in [0.2, 0.25) is 0 Å². The first-order valence-corrected chi connectivity index (χ1v) is 7.38. The minimum atomic E-state index is -0.498. The molecule has 0 heterocycles. The van der Waals surface area contributed by atoms with E-state index in [2.05, 4.69) is 31.9 Å². The fraction of sp³-hybridized carbons (Fsp3) is 0.0714. The van der Waals surface area contributed by atoms with Gasteiger partial charge in [0.25, 0.3) is 5.69 Å². The largest absolute Gasteiger partial charge is 0.454 e. The maximum absolute atomic E-state index is 11.1. The molecule has 0 fully saturated rings. The van der Waals surface area contributed by atoms with Crippen LogP contribution in [0.5, 0.6) is 11.5 Å². The van der Waals surface area contributed by atoms with E-state index >= 15 is 0 Å². The molecule has 2 rings (SSSR count). The Kier molecular flexibility index (Phi) is 4.74. The molecular formula is C14H9Br2NO4. The number of carbonyl (C=O) groups excluding carboxylic acids is 1. The molecule has 5 nitrogen and oxygen atoms in total. The molecule has 0 saturated heterocycles. The third kappa shape index (κ3) is 3.48. The summed E-state index contributed by atoms with van der Waals surface area (Å²) in [7, 11) is 0. The number of rotatable bonds is 4. The predicted octanol–water partition coefficient (Wildman–Crippen LogP) is 5.03. The lowest BCUT2D eigenvalue weighted by Gasteiger charge is -2.12. The SMILES string of the molecule is Cc1ccc(Oc2c(Br)cc([N+](=O)[O-])cc2Br)c(C=O)c1. The Morgan fingerprint density at radius 3 is 2.33 bits per heavy atom. The number of halogens is 2. The van der Waals surface area contributed by atoms with E-state index in [0.29, 0.717) is 32.3 Å². The molecule has 0 aromatic heterocycles. The number of nitro benzene ring substituents is 1. The molecule has 0 saturated carbocycles. The molecule has 0 radical (unpaired) electrons. The van der Waals surface area contributed by atoms with Crippen molar-refractivity contribution in [3.63, 3.8) is 0 Å². The van der Waals surface area contributed by atoms with Crippen LogP contribution in [0.15, 0.2) is 39.3 Å². The maximum Gasteiger partial charge on any atom is 0.271 e. The molecule has 108 valence electrons. The average molecular weight is 415 g/mol. The van der Waals surface area contributed by atoms with Crippen LogP contribution >= 0.6 is 31.9 Å². The minimum Gasteiger partial charge on any atom is -0.454 e. The van der Waals surface area contributed by atoms with Crippen LogP contribution in [0.1, 0.15) is 15.9 Å². The Balaban J connectivity index is 2.45. The van der Waals surface area contributed by atoms with E-state index in [1.807, 2.05) is 13.0 Å². The highest BCUT2D eigenvalue weighted by atomic mass is 79.9. The topological polar surface area (TPSA) is 69.4 Å². The summed E-state index contributed by atoms with van der Waals surface area (Å²) >= 11 is 6.47. The summed E-state index contributed by atoms with van der Waals surface area (Å²) in [6, 6.07) is 7.88. The zero-order chi connectivity index (χ0) is 15.6. The number of ether oxygens (including phenoxy) is 1. The molecule has 0 amide bonds. The average Bonchev–Trinajstić information content (AvgIpc) is 2.43. The second-order valence-electron chi connectivity index (χ2n) is 4.26. The van der Waals surface area contributed by atoms with E-state index in [-0.39, 0.29) is 5.69 Å². The normalized spacial score (nSPS) is 10.2. The molecule has 0 atom stereocenters. The summed E-state index contributed by atoms with van der Waals surface area (Å²) in [5.74, 6) is 0.749. The van der Waals surface area contributed by atoms with Crippen molar-refractivity contribution in [2.24, 2.45) is 0 Å². The number of aldehydes is 1. The Morgan fingerprint density at radius 2 is 1.81 bits per heavy atom. The van der Waals surface area contributed by atoms with E-state index in [1.54, 1.807) is 12.1 Å². The van der Waals surface area contributed by atoms with Crippen LogP contribution in [0.4, 0.5) is 5.69 Å². The number of hydrogen-bond acceptors (Lipinski definition) is 4. The van der Waals surface area contributed by atoms with Crippen molar-refractivity contribution in [2.45, 2.75) is 6.92 Å². The third-order valence-corrected chi connectivity index (χ3v) is 3.88. The van der Waals surface area contributed by atoms with Crippen LogP contribution in [-0.4, -0.2) is 11.2 Å². The van der Waals surface area contributed by atoms with Gasteiger partial charge in [0, 0.05) is 12.1 Å². The van der Waals surface area contributed by atoms with Gasteiger partial charge in [-0.25, -0.2) is 0 Å². The highest BCUT2D eigenvalue weighted by molar-refractivity contribution is 9.11.